The van der Waals surface area contributed by atoms with Gasteiger partial charge in [0, 0.05) is 11.5 Å². The Kier molecular flexibility index (Phi) is 6.54. The number of halogens is 1. The van der Waals surface area contributed by atoms with Crippen LogP contribution in [-0.4, -0.2) is 16.4 Å². The van der Waals surface area contributed by atoms with Crippen molar-refractivity contribution in [2.45, 2.75) is 78.3 Å². The highest BCUT2D eigenvalue weighted by molar-refractivity contribution is 5.50. The Morgan fingerprint density at radius 3 is 2.29 bits per heavy atom. The third kappa shape index (κ3) is 4.04. The molecule has 0 aliphatic heterocycles. The van der Waals surface area contributed by atoms with E-state index in [0.29, 0.717) is 11.5 Å². The van der Waals surface area contributed by atoms with Crippen LogP contribution in [0.2, 0.25) is 0 Å². The van der Waals surface area contributed by atoms with Crippen LogP contribution in [0.4, 0.5) is 4.39 Å². The normalized spacial score (nSPS) is 27.6. The predicted octanol–water partition coefficient (Wildman–Crippen LogP) is 5.95. The molecule has 4 atom stereocenters. The summed E-state index contributed by atoms with van der Waals surface area (Å²) in [6.07, 6.45) is 4.94. The molecule has 0 bridgehead atoms. The Labute approximate surface area is 146 Å². The van der Waals surface area contributed by atoms with E-state index in [0.717, 1.165) is 44.1 Å². The Bertz CT molecular complexity index is 518. The van der Waals surface area contributed by atoms with Crippen molar-refractivity contribution < 1.29 is 14.6 Å². The van der Waals surface area contributed by atoms with Crippen molar-refractivity contribution in [3.05, 3.63) is 23.3 Å². The van der Waals surface area contributed by atoms with E-state index in [1.54, 1.807) is 12.1 Å². The van der Waals surface area contributed by atoms with Gasteiger partial charge in [-0.2, -0.15) is 0 Å². The largest absolute Gasteiger partial charge is 0.508 e. The van der Waals surface area contributed by atoms with Gasteiger partial charge in [0.15, 0.2) is 0 Å². The predicted molar refractivity (Wildman–Crippen MR) is 97.4 cm³/mol. The van der Waals surface area contributed by atoms with E-state index in [1.807, 2.05) is 6.92 Å². The topological polar surface area (TPSA) is 40.5 Å². The molecule has 24 heavy (non-hydrogen) atoms. The fourth-order valence-corrected chi connectivity index (χ4v) is 4.25. The van der Waals surface area contributed by atoms with Gasteiger partial charge in [-0.1, -0.05) is 40.5 Å². The minimum atomic E-state index is -1.02. The molecule has 2 nitrogen and oxygen atoms in total. The second-order valence-corrected chi connectivity index (χ2v) is 7.94. The second kappa shape index (κ2) is 8.22. The summed E-state index contributed by atoms with van der Waals surface area (Å²) in [5.74, 6) is 0.150. The van der Waals surface area contributed by atoms with E-state index in [4.69, 9.17) is 0 Å². The Balaban J connectivity index is 2.34. The fourth-order valence-electron chi connectivity index (χ4n) is 4.25. The van der Waals surface area contributed by atoms with Gasteiger partial charge >= 0.3 is 0 Å². The maximum absolute atomic E-state index is 15.0. The molecule has 1 aliphatic rings. The van der Waals surface area contributed by atoms with Gasteiger partial charge in [0.25, 0.3) is 0 Å². The molecule has 1 aromatic rings. The number of aromatic hydroxyl groups is 2. The molecule has 0 radical (unpaired) electrons. The maximum Gasteiger partial charge on any atom is 0.123 e. The first-order chi connectivity index (χ1) is 11.4. The second-order valence-electron chi connectivity index (χ2n) is 7.94. The van der Waals surface area contributed by atoms with Crippen molar-refractivity contribution >= 4 is 0 Å². The van der Waals surface area contributed by atoms with Gasteiger partial charge in [-0.25, -0.2) is 4.39 Å². The number of phenols is 2. The van der Waals surface area contributed by atoms with Crippen LogP contribution in [0, 0.1) is 17.8 Å². The van der Waals surface area contributed by atoms with Crippen molar-refractivity contribution in [2.75, 3.05) is 0 Å². The lowest BCUT2D eigenvalue weighted by molar-refractivity contribution is 0.0805. The molecular formula is C21H33FO2. The van der Waals surface area contributed by atoms with Crippen LogP contribution in [0.15, 0.2) is 12.1 Å². The molecule has 2 N–H and O–H groups in total. The molecule has 1 saturated carbocycles. The van der Waals surface area contributed by atoms with Crippen LogP contribution in [0.5, 0.6) is 11.5 Å². The minimum absolute atomic E-state index is 0.0342. The van der Waals surface area contributed by atoms with E-state index in [2.05, 4.69) is 20.8 Å². The lowest BCUT2D eigenvalue weighted by Crippen LogP contribution is -2.36. The summed E-state index contributed by atoms with van der Waals surface area (Å²) >= 11 is 0. The van der Waals surface area contributed by atoms with Gasteiger partial charge in [0.05, 0.1) is 0 Å². The highest BCUT2D eigenvalue weighted by atomic mass is 19.1. The van der Waals surface area contributed by atoms with Crippen molar-refractivity contribution in [1.29, 1.82) is 0 Å². The van der Waals surface area contributed by atoms with Crippen LogP contribution >= 0.6 is 0 Å². The van der Waals surface area contributed by atoms with Crippen LogP contribution in [0.1, 0.15) is 76.8 Å². The summed E-state index contributed by atoms with van der Waals surface area (Å²) in [6.45, 7) is 8.29. The number of aryl methyl sites for hydroxylation is 1. The molecule has 0 saturated heterocycles. The third-order valence-electron chi connectivity index (χ3n) is 5.76. The average Bonchev–Trinajstić information content (AvgIpc) is 2.51. The molecule has 1 aliphatic carbocycles. The first-order valence-electron chi connectivity index (χ1n) is 9.55. The Morgan fingerprint density at radius 1 is 1.12 bits per heavy atom. The first kappa shape index (κ1) is 19.1. The quantitative estimate of drug-likeness (QED) is 0.630. The minimum Gasteiger partial charge on any atom is -0.508 e. The lowest BCUT2D eigenvalue weighted by Gasteiger charge is -2.40. The van der Waals surface area contributed by atoms with E-state index >= 15 is 4.39 Å². The van der Waals surface area contributed by atoms with Crippen LogP contribution in [-0.2, 0) is 6.42 Å². The fraction of sp³-hybridized carbons (Fsp3) is 0.714. The third-order valence-corrected chi connectivity index (χ3v) is 5.76. The van der Waals surface area contributed by atoms with Crippen molar-refractivity contribution in [1.82, 2.24) is 0 Å². The number of rotatable bonds is 6. The standard InChI is InChI=1S/C21H33FO2/c1-5-6-7-8-15-11-17(23)20(18(24)12-15)19-16(13(2)3)10-9-14(4)21(19)22/h11-14,16,19,21,23-24H,5-10H2,1-4H3. The molecule has 136 valence electrons. The number of benzene rings is 1. The molecule has 0 amide bonds. The van der Waals surface area contributed by atoms with Crippen molar-refractivity contribution in [3.63, 3.8) is 0 Å². The molecule has 2 rings (SSSR count). The van der Waals surface area contributed by atoms with E-state index in [-0.39, 0.29) is 23.3 Å². The summed E-state index contributed by atoms with van der Waals surface area (Å²) in [5, 5.41) is 21.1. The average molecular weight is 336 g/mol. The van der Waals surface area contributed by atoms with Gasteiger partial charge in [0.1, 0.15) is 17.7 Å². The molecule has 0 heterocycles. The van der Waals surface area contributed by atoms with Crippen molar-refractivity contribution in [3.8, 4) is 11.5 Å². The number of hydrogen-bond donors (Lipinski definition) is 2. The molecule has 0 spiro atoms. The Morgan fingerprint density at radius 2 is 1.75 bits per heavy atom. The van der Waals surface area contributed by atoms with Gasteiger partial charge in [-0.3, -0.25) is 0 Å². The monoisotopic (exact) mass is 336 g/mol. The van der Waals surface area contributed by atoms with Gasteiger partial charge in [-0.05, 0) is 61.1 Å². The SMILES string of the molecule is CCCCCc1cc(O)c(C2C(F)C(C)CCC2C(C)C)c(O)c1. The van der Waals surface area contributed by atoms with Gasteiger partial charge < -0.3 is 10.2 Å². The zero-order chi connectivity index (χ0) is 17.9. The number of hydrogen-bond acceptors (Lipinski definition) is 2. The zero-order valence-electron chi connectivity index (χ0n) is 15.6. The van der Waals surface area contributed by atoms with Crippen LogP contribution in [0.3, 0.4) is 0 Å². The molecule has 0 aromatic heterocycles. The van der Waals surface area contributed by atoms with Crippen LogP contribution < -0.4 is 0 Å². The van der Waals surface area contributed by atoms with E-state index in [9.17, 15) is 10.2 Å². The van der Waals surface area contributed by atoms with Crippen molar-refractivity contribution in [2.24, 2.45) is 17.8 Å². The Hall–Kier alpha value is -1.25. The molecule has 4 unspecified atom stereocenters. The molecular weight excluding hydrogens is 303 g/mol. The summed E-state index contributed by atoms with van der Waals surface area (Å²) in [7, 11) is 0. The van der Waals surface area contributed by atoms with Gasteiger partial charge in [0.2, 0.25) is 0 Å². The highest BCUT2D eigenvalue weighted by Gasteiger charge is 2.42. The summed E-state index contributed by atoms with van der Waals surface area (Å²) in [4.78, 5) is 0. The highest BCUT2D eigenvalue weighted by Crippen LogP contribution is 2.50. The maximum atomic E-state index is 15.0. The first-order valence-corrected chi connectivity index (χ1v) is 9.55. The smallest absolute Gasteiger partial charge is 0.123 e. The zero-order valence-corrected chi connectivity index (χ0v) is 15.6. The number of phenolic OH excluding ortho intramolecular Hbond substituents is 2. The van der Waals surface area contributed by atoms with Crippen LogP contribution in [0.25, 0.3) is 0 Å². The summed E-state index contributed by atoms with van der Waals surface area (Å²) in [6, 6.07) is 3.46. The van der Waals surface area contributed by atoms with E-state index < -0.39 is 12.1 Å². The summed E-state index contributed by atoms with van der Waals surface area (Å²) in [5.41, 5.74) is 1.36. The number of unbranched alkanes of at least 4 members (excludes halogenated alkanes) is 2. The molecule has 1 aromatic carbocycles. The summed E-state index contributed by atoms with van der Waals surface area (Å²) < 4.78 is 15.0. The van der Waals surface area contributed by atoms with E-state index in [1.165, 1.54) is 0 Å². The lowest BCUT2D eigenvalue weighted by atomic mass is 9.66. The molecule has 3 heteroatoms. The van der Waals surface area contributed by atoms with Gasteiger partial charge in [-0.15, -0.1) is 0 Å². The number of alkyl halides is 1. The molecule has 1 fully saturated rings.